The van der Waals surface area contributed by atoms with Crippen LogP contribution in [0.3, 0.4) is 0 Å². The summed E-state index contributed by atoms with van der Waals surface area (Å²) in [5, 5.41) is 6.33. The van der Waals surface area contributed by atoms with Crippen molar-refractivity contribution in [3.8, 4) is 33.4 Å². The van der Waals surface area contributed by atoms with Crippen LogP contribution in [0, 0.1) is 0 Å². The summed E-state index contributed by atoms with van der Waals surface area (Å²) in [4.78, 5) is 6.69. The van der Waals surface area contributed by atoms with Crippen molar-refractivity contribution in [2.75, 3.05) is 10.2 Å². The molecule has 7 aromatic rings. The number of pyridine rings is 1. The van der Waals surface area contributed by atoms with Crippen LogP contribution >= 0.6 is 11.3 Å². The third-order valence-corrected chi connectivity index (χ3v) is 13.3. The number of nitrogens with one attached hydrogen (secondary N) is 1. The lowest BCUT2D eigenvalue weighted by atomic mass is 9.68. The van der Waals surface area contributed by atoms with Gasteiger partial charge < -0.3 is 10.2 Å². The lowest BCUT2D eigenvalue weighted by molar-refractivity contribution is 0.781. The van der Waals surface area contributed by atoms with Gasteiger partial charge in [0.15, 0.2) is 0 Å². The second-order valence-corrected chi connectivity index (χ2v) is 15.7. The standard InChI is InChI=1S/C49H33N3S/c1-4-10-41-36(7-1)37-8-2-5-11-42(37)49(41)43-27-33(17-20-38(43)39-21-18-34(28-44(39)49)32-23-25-50-26-24-32)30-13-15-31(16-14-30)35-19-22-46-51-47-40-9-3-6-12-45(40)53-48(47)52(46)29-35/h1,3-7,9-29,46,51H,2,8H2. The fourth-order valence-electron chi connectivity index (χ4n) is 9.71. The van der Waals surface area contributed by atoms with E-state index in [1.54, 1.807) is 0 Å². The monoisotopic (exact) mass is 695 g/mol. The van der Waals surface area contributed by atoms with E-state index >= 15 is 0 Å². The first-order valence-corrected chi connectivity index (χ1v) is 19.3. The van der Waals surface area contributed by atoms with Crippen molar-refractivity contribution in [2.45, 2.75) is 24.4 Å². The van der Waals surface area contributed by atoms with Crippen LogP contribution in [0.25, 0.3) is 54.6 Å². The summed E-state index contributed by atoms with van der Waals surface area (Å²) in [5.41, 5.74) is 19.4. The van der Waals surface area contributed by atoms with Crippen molar-refractivity contribution in [2.24, 2.45) is 0 Å². The molecule has 5 aliphatic rings. The van der Waals surface area contributed by atoms with E-state index in [1.165, 1.54) is 98.7 Å². The van der Waals surface area contributed by atoms with E-state index < -0.39 is 0 Å². The highest BCUT2D eigenvalue weighted by molar-refractivity contribution is 7.23. The van der Waals surface area contributed by atoms with Gasteiger partial charge in [-0.3, -0.25) is 4.98 Å². The van der Waals surface area contributed by atoms with E-state index in [1.807, 2.05) is 23.7 Å². The van der Waals surface area contributed by atoms with E-state index in [-0.39, 0.29) is 11.6 Å². The number of thiophene rings is 1. The van der Waals surface area contributed by atoms with Gasteiger partial charge in [-0.2, -0.15) is 0 Å². The number of fused-ring (bicyclic) bond motifs is 14. The second-order valence-electron chi connectivity index (χ2n) is 14.7. The molecule has 12 rings (SSSR count). The molecular formula is C49H33N3S. The Labute approximate surface area is 312 Å². The van der Waals surface area contributed by atoms with Crippen LogP contribution < -0.4 is 10.2 Å². The van der Waals surface area contributed by atoms with Gasteiger partial charge in [0.1, 0.15) is 11.2 Å². The van der Waals surface area contributed by atoms with Gasteiger partial charge in [-0.15, -0.1) is 11.3 Å². The Morgan fingerprint density at radius 3 is 2.17 bits per heavy atom. The fraction of sp³-hybridized carbons (Fsp3) is 0.0816. The lowest BCUT2D eigenvalue weighted by Gasteiger charge is -2.32. The normalized spacial score (nSPS) is 19.8. The minimum Gasteiger partial charge on any atom is -0.359 e. The Kier molecular flexibility index (Phi) is 6.03. The van der Waals surface area contributed by atoms with Crippen LogP contribution in [0.15, 0.2) is 170 Å². The van der Waals surface area contributed by atoms with Gasteiger partial charge >= 0.3 is 0 Å². The smallest absolute Gasteiger partial charge is 0.124 e. The van der Waals surface area contributed by atoms with Gasteiger partial charge in [0.25, 0.3) is 0 Å². The quantitative estimate of drug-likeness (QED) is 0.199. The van der Waals surface area contributed by atoms with E-state index in [0.29, 0.717) is 0 Å². The lowest BCUT2D eigenvalue weighted by Crippen LogP contribution is -2.31. The molecule has 2 unspecified atom stereocenters. The summed E-state index contributed by atoms with van der Waals surface area (Å²) in [6, 6.07) is 45.6. The summed E-state index contributed by atoms with van der Waals surface area (Å²) in [7, 11) is 0. The molecule has 53 heavy (non-hydrogen) atoms. The molecule has 2 atom stereocenters. The molecule has 5 aromatic carbocycles. The molecule has 1 spiro atoms. The molecule has 2 aliphatic heterocycles. The Morgan fingerprint density at radius 1 is 0.660 bits per heavy atom. The van der Waals surface area contributed by atoms with Crippen LogP contribution in [0.1, 0.15) is 40.7 Å². The molecule has 250 valence electrons. The maximum Gasteiger partial charge on any atom is 0.124 e. The summed E-state index contributed by atoms with van der Waals surface area (Å²) in [5.74, 6) is 0. The predicted molar refractivity (Wildman–Crippen MR) is 221 cm³/mol. The minimum absolute atomic E-state index is 0.155. The Morgan fingerprint density at radius 2 is 1.36 bits per heavy atom. The molecule has 0 saturated heterocycles. The van der Waals surface area contributed by atoms with Crippen molar-refractivity contribution in [1.82, 2.24) is 4.98 Å². The van der Waals surface area contributed by atoms with Crippen molar-refractivity contribution >= 4 is 43.3 Å². The SMILES string of the molecule is C1=CC2=C(CC1)c1ccccc1C21c2cc(-c3ccncc3)ccc2-c2ccc(-c3ccc(C4=CN5c6sc7ccccc7c6NC5C=C4)cc3)cc21. The largest absolute Gasteiger partial charge is 0.359 e. The highest BCUT2D eigenvalue weighted by atomic mass is 32.1. The summed E-state index contributed by atoms with van der Waals surface area (Å²) < 4.78 is 1.32. The third-order valence-electron chi connectivity index (χ3n) is 12.1. The zero-order valence-electron chi connectivity index (χ0n) is 28.9. The van der Waals surface area contributed by atoms with Gasteiger partial charge in [0.05, 0.1) is 11.1 Å². The van der Waals surface area contributed by atoms with Gasteiger partial charge in [0, 0.05) is 28.7 Å². The molecule has 4 heterocycles. The van der Waals surface area contributed by atoms with Crippen LogP contribution in [-0.4, -0.2) is 11.1 Å². The van der Waals surface area contributed by atoms with Crippen LogP contribution in [-0.2, 0) is 5.41 Å². The average Bonchev–Trinajstić information content (AvgIpc) is 3.95. The molecule has 3 aliphatic carbocycles. The van der Waals surface area contributed by atoms with Gasteiger partial charge in [-0.05, 0) is 127 Å². The number of benzene rings is 5. The number of hydrogen-bond donors (Lipinski definition) is 1. The third kappa shape index (κ3) is 4.02. The zero-order chi connectivity index (χ0) is 34.7. The number of anilines is 2. The molecule has 0 fully saturated rings. The van der Waals surface area contributed by atoms with E-state index in [4.69, 9.17) is 0 Å². The summed E-state index contributed by atoms with van der Waals surface area (Å²) in [6.07, 6.45) is 17.8. The molecule has 1 N–H and O–H groups in total. The van der Waals surface area contributed by atoms with Crippen LogP contribution in [0.4, 0.5) is 10.7 Å². The highest BCUT2D eigenvalue weighted by Gasteiger charge is 2.52. The van der Waals surface area contributed by atoms with E-state index in [2.05, 4.69) is 167 Å². The van der Waals surface area contributed by atoms with E-state index in [9.17, 15) is 0 Å². The molecule has 4 heteroatoms. The zero-order valence-corrected chi connectivity index (χ0v) is 29.7. The first-order chi connectivity index (χ1) is 26.3. The topological polar surface area (TPSA) is 28.2 Å². The molecule has 0 radical (unpaired) electrons. The number of rotatable bonds is 3. The van der Waals surface area contributed by atoms with Crippen molar-refractivity contribution in [3.63, 3.8) is 0 Å². The van der Waals surface area contributed by atoms with Gasteiger partial charge in [-0.25, -0.2) is 0 Å². The number of hydrogen-bond acceptors (Lipinski definition) is 4. The molecule has 0 saturated carbocycles. The first-order valence-electron chi connectivity index (χ1n) is 18.5. The number of aromatic nitrogens is 1. The Balaban J connectivity index is 0.971. The molecule has 0 bridgehead atoms. The van der Waals surface area contributed by atoms with Crippen molar-refractivity contribution < 1.29 is 0 Å². The maximum absolute atomic E-state index is 4.30. The predicted octanol–water partition coefficient (Wildman–Crippen LogP) is 12.2. The fourth-order valence-corrected chi connectivity index (χ4v) is 10.9. The van der Waals surface area contributed by atoms with Crippen LogP contribution in [0.2, 0.25) is 0 Å². The van der Waals surface area contributed by atoms with E-state index in [0.717, 1.165) is 12.8 Å². The van der Waals surface area contributed by atoms with Crippen molar-refractivity contribution in [1.29, 1.82) is 0 Å². The first kappa shape index (κ1) is 29.4. The number of nitrogens with zero attached hydrogens (tertiary/aromatic N) is 2. The minimum atomic E-state index is -0.365. The number of allylic oxidation sites excluding steroid dienone is 6. The molecule has 3 nitrogen and oxygen atoms in total. The molecular weight excluding hydrogens is 663 g/mol. The van der Waals surface area contributed by atoms with Crippen molar-refractivity contribution in [3.05, 3.63) is 198 Å². The average molecular weight is 696 g/mol. The maximum atomic E-state index is 4.30. The Hall–Kier alpha value is -6.23. The highest BCUT2D eigenvalue weighted by Crippen LogP contribution is 2.64. The second kappa shape index (κ2) is 10.9. The van der Waals surface area contributed by atoms with Gasteiger partial charge in [-0.1, -0.05) is 109 Å². The molecule has 2 aromatic heterocycles. The summed E-state index contributed by atoms with van der Waals surface area (Å²) >= 11 is 1.86. The Bertz CT molecular complexity index is 2820. The van der Waals surface area contributed by atoms with Gasteiger partial charge in [0.2, 0.25) is 0 Å². The summed E-state index contributed by atoms with van der Waals surface area (Å²) in [6.45, 7) is 0. The van der Waals surface area contributed by atoms with Crippen LogP contribution in [0.5, 0.6) is 0 Å². The molecule has 0 amide bonds.